The zero-order valence-electron chi connectivity index (χ0n) is 14.3. The largest absolute Gasteiger partial charge is 0.459 e. The summed E-state index contributed by atoms with van der Waals surface area (Å²) in [4.78, 5) is 26.5. The average Bonchev–Trinajstić information content (AvgIpc) is 3.28. The van der Waals surface area contributed by atoms with Gasteiger partial charge in [-0.15, -0.1) is 0 Å². The van der Waals surface area contributed by atoms with Gasteiger partial charge in [-0.1, -0.05) is 30.3 Å². The number of hydrogen-bond acceptors (Lipinski definition) is 4. The highest BCUT2D eigenvalue weighted by molar-refractivity contribution is 5.95. The molecule has 1 aromatic carbocycles. The minimum absolute atomic E-state index is 0.110. The number of carbonyl (C=O) groups is 2. The lowest BCUT2D eigenvalue weighted by Crippen LogP contribution is -2.48. The van der Waals surface area contributed by atoms with E-state index >= 15 is 0 Å². The van der Waals surface area contributed by atoms with Crippen LogP contribution in [0.4, 0.5) is 0 Å². The van der Waals surface area contributed by atoms with Crippen LogP contribution in [0.2, 0.25) is 0 Å². The fraction of sp³-hybridized carbons (Fsp3) is 0.368. The van der Waals surface area contributed by atoms with Crippen LogP contribution in [0.15, 0.2) is 53.1 Å². The summed E-state index contributed by atoms with van der Waals surface area (Å²) >= 11 is 0. The number of nitrogens with one attached hydrogen (secondary N) is 2. The quantitative estimate of drug-likeness (QED) is 0.840. The van der Waals surface area contributed by atoms with Crippen molar-refractivity contribution in [1.29, 1.82) is 0 Å². The Bertz CT molecular complexity index is 700. The molecular formula is C19H23N3O3. The minimum Gasteiger partial charge on any atom is -0.459 e. The van der Waals surface area contributed by atoms with E-state index in [1.807, 2.05) is 18.2 Å². The normalized spacial score (nSPS) is 18.7. The summed E-state index contributed by atoms with van der Waals surface area (Å²) in [5.74, 6) is -0.356. The van der Waals surface area contributed by atoms with E-state index in [2.05, 4.69) is 27.7 Å². The van der Waals surface area contributed by atoms with Crippen molar-refractivity contribution in [3.05, 3.63) is 60.1 Å². The Labute approximate surface area is 147 Å². The lowest BCUT2D eigenvalue weighted by Gasteiger charge is -2.19. The molecule has 1 fully saturated rings. The molecule has 2 N–H and O–H groups in total. The summed E-state index contributed by atoms with van der Waals surface area (Å²) in [5, 5.41) is 5.67. The molecule has 0 aliphatic carbocycles. The van der Waals surface area contributed by atoms with Gasteiger partial charge in [-0.3, -0.25) is 14.5 Å². The molecule has 2 atom stereocenters. The predicted octanol–water partition coefficient (Wildman–Crippen LogP) is 1.79. The fourth-order valence-corrected chi connectivity index (χ4v) is 3.00. The summed E-state index contributed by atoms with van der Waals surface area (Å²) in [6, 6.07) is 13.0. The van der Waals surface area contributed by atoms with Crippen LogP contribution in [0, 0.1) is 0 Å². The molecule has 0 radical (unpaired) electrons. The monoisotopic (exact) mass is 341 g/mol. The molecule has 1 aromatic heterocycles. The number of benzene rings is 1. The van der Waals surface area contributed by atoms with Crippen molar-refractivity contribution < 1.29 is 14.0 Å². The molecule has 2 unspecified atom stereocenters. The molecule has 6 nitrogen and oxygen atoms in total. The van der Waals surface area contributed by atoms with Gasteiger partial charge >= 0.3 is 0 Å². The van der Waals surface area contributed by atoms with Crippen molar-refractivity contribution in [2.45, 2.75) is 32.0 Å². The van der Waals surface area contributed by atoms with Crippen LogP contribution in [0.3, 0.4) is 0 Å². The zero-order chi connectivity index (χ0) is 17.6. The molecule has 2 heterocycles. The van der Waals surface area contributed by atoms with Gasteiger partial charge in [0.05, 0.1) is 6.26 Å². The van der Waals surface area contributed by atoms with E-state index in [1.54, 1.807) is 19.1 Å². The SMILES string of the molecule is CC(NC(=O)c1ccco1)C(=O)NC1CCN(Cc2ccccc2)C1. The van der Waals surface area contributed by atoms with Gasteiger partial charge in [-0.25, -0.2) is 0 Å². The lowest BCUT2D eigenvalue weighted by atomic mass is 10.2. The molecule has 25 heavy (non-hydrogen) atoms. The molecule has 2 aromatic rings. The first-order valence-corrected chi connectivity index (χ1v) is 8.53. The van der Waals surface area contributed by atoms with Gasteiger partial charge in [0.1, 0.15) is 6.04 Å². The molecule has 132 valence electrons. The maximum Gasteiger partial charge on any atom is 0.287 e. The van der Waals surface area contributed by atoms with Gasteiger partial charge in [0.15, 0.2) is 5.76 Å². The van der Waals surface area contributed by atoms with Gasteiger partial charge in [-0.05, 0) is 31.0 Å². The van der Waals surface area contributed by atoms with Crippen LogP contribution in [0.5, 0.6) is 0 Å². The minimum atomic E-state index is -0.610. The number of nitrogens with zero attached hydrogens (tertiary/aromatic N) is 1. The second-order valence-corrected chi connectivity index (χ2v) is 6.39. The third kappa shape index (κ3) is 4.70. The second kappa shape index (κ2) is 7.98. The van der Waals surface area contributed by atoms with Crippen molar-refractivity contribution in [3.8, 4) is 0 Å². The van der Waals surface area contributed by atoms with E-state index in [0.717, 1.165) is 26.1 Å². The number of amides is 2. The Hall–Kier alpha value is -2.60. The molecule has 0 saturated carbocycles. The number of likely N-dealkylation sites (tertiary alicyclic amines) is 1. The van der Waals surface area contributed by atoms with Crippen LogP contribution in [-0.4, -0.2) is 41.9 Å². The molecule has 6 heteroatoms. The van der Waals surface area contributed by atoms with Crippen molar-refractivity contribution in [2.75, 3.05) is 13.1 Å². The summed E-state index contributed by atoms with van der Waals surface area (Å²) in [5.41, 5.74) is 1.27. The van der Waals surface area contributed by atoms with Crippen molar-refractivity contribution in [2.24, 2.45) is 0 Å². The lowest BCUT2D eigenvalue weighted by molar-refractivity contribution is -0.123. The Kier molecular flexibility index (Phi) is 5.50. The van der Waals surface area contributed by atoms with E-state index in [-0.39, 0.29) is 23.6 Å². The van der Waals surface area contributed by atoms with Crippen LogP contribution in [0.25, 0.3) is 0 Å². The van der Waals surface area contributed by atoms with Gasteiger partial charge in [-0.2, -0.15) is 0 Å². The molecule has 3 rings (SSSR count). The Morgan fingerprint density at radius 1 is 1.24 bits per heavy atom. The van der Waals surface area contributed by atoms with Crippen molar-refractivity contribution in [3.63, 3.8) is 0 Å². The first-order chi connectivity index (χ1) is 12.1. The Morgan fingerprint density at radius 3 is 2.76 bits per heavy atom. The first kappa shape index (κ1) is 17.2. The predicted molar refractivity (Wildman–Crippen MR) is 93.9 cm³/mol. The molecule has 1 saturated heterocycles. The second-order valence-electron chi connectivity index (χ2n) is 6.39. The molecule has 1 aliphatic heterocycles. The van der Waals surface area contributed by atoms with Crippen molar-refractivity contribution >= 4 is 11.8 Å². The molecule has 2 amide bonds. The third-order valence-corrected chi connectivity index (χ3v) is 4.35. The van der Waals surface area contributed by atoms with Gasteiger partial charge in [0, 0.05) is 25.7 Å². The highest BCUT2D eigenvalue weighted by Gasteiger charge is 2.26. The summed E-state index contributed by atoms with van der Waals surface area (Å²) < 4.78 is 5.03. The number of furan rings is 1. The summed E-state index contributed by atoms with van der Waals surface area (Å²) in [6.45, 7) is 4.33. The first-order valence-electron chi connectivity index (χ1n) is 8.53. The van der Waals surface area contributed by atoms with Crippen LogP contribution < -0.4 is 10.6 Å². The van der Waals surface area contributed by atoms with E-state index in [9.17, 15) is 9.59 Å². The highest BCUT2D eigenvalue weighted by Crippen LogP contribution is 2.13. The average molecular weight is 341 g/mol. The number of rotatable bonds is 6. The van der Waals surface area contributed by atoms with Crippen molar-refractivity contribution in [1.82, 2.24) is 15.5 Å². The zero-order valence-corrected chi connectivity index (χ0v) is 14.3. The standard InChI is InChI=1S/C19H23N3O3/c1-14(20-19(24)17-8-5-11-25-17)18(23)21-16-9-10-22(13-16)12-15-6-3-2-4-7-15/h2-8,11,14,16H,9-10,12-13H2,1H3,(H,20,24)(H,21,23). The number of carbonyl (C=O) groups excluding carboxylic acids is 2. The maximum absolute atomic E-state index is 12.3. The smallest absolute Gasteiger partial charge is 0.287 e. The summed E-state index contributed by atoms with van der Waals surface area (Å²) in [7, 11) is 0. The van der Waals surface area contributed by atoms with Crippen LogP contribution in [-0.2, 0) is 11.3 Å². The maximum atomic E-state index is 12.3. The van der Waals surface area contributed by atoms with E-state index in [4.69, 9.17) is 4.42 Å². The van der Waals surface area contributed by atoms with E-state index < -0.39 is 6.04 Å². The molecule has 0 spiro atoms. The van der Waals surface area contributed by atoms with Gasteiger partial charge in [0.25, 0.3) is 5.91 Å². The fourth-order valence-electron chi connectivity index (χ4n) is 3.00. The molecule has 0 bridgehead atoms. The van der Waals surface area contributed by atoms with E-state index in [1.165, 1.54) is 11.8 Å². The highest BCUT2D eigenvalue weighted by atomic mass is 16.3. The Morgan fingerprint density at radius 2 is 2.04 bits per heavy atom. The third-order valence-electron chi connectivity index (χ3n) is 4.35. The molecular weight excluding hydrogens is 318 g/mol. The Balaban J connectivity index is 1.44. The van der Waals surface area contributed by atoms with Gasteiger partial charge in [0.2, 0.25) is 5.91 Å². The van der Waals surface area contributed by atoms with E-state index in [0.29, 0.717) is 0 Å². The molecule has 1 aliphatic rings. The summed E-state index contributed by atoms with van der Waals surface area (Å²) in [6.07, 6.45) is 2.34. The topological polar surface area (TPSA) is 74.6 Å². The van der Waals surface area contributed by atoms with Gasteiger partial charge < -0.3 is 15.1 Å². The van der Waals surface area contributed by atoms with Crippen LogP contribution >= 0.6 is 0 Å². The van der Waals surface area contributed by atoms with Crippen LogP contribution in [0.1, 0.15) is 29.5 Å². The number of hydrogen-bond donors (Lipinski definition) is 2.